The van der Waals surface area contributed by atoms with Gasteiger partial charge in [0.1, 0.15) is 5.60 Å². The summed E-state index contributed by atoms with van der Waals surface area (Å²) in [5, 5.41) is 7.06. The number of alkyl carbamates (subject to hydrolysis) is 1. The number of rotatable bonds is 4. The predicted octanol–water partition coefficient (Wildman–Crippen LogP) is 3.27. The number of ether oxygens (including phenoxy) is 1. The zero-order valence-electron chi connectivity index (χ0n) is 13.4. The van der Waals surface area contributed by atoms with Crippen LogP contribution in [0.25, 0.3) is 0 Å². The third kappa shape index (κ3) is 5.46. The van der Waals surface area contributed by atoms with Crippen molar-refractivity contribution in [3.63, 3.8) is 0 Å². The van der Waals surface area contributed by atoms with E-state index >= 15 is 0 Å². The number of carbonyl (C=O) groups excluding carboxylic acids is 1. The van der Waals surface area contributed by atoms with Crippen LogP contribution in [-0.4, -0.2) is 28.8 Å². The predicted molar refractivity (Wildman–Crippen MR) is 86.9 cm³/mol. The van der Waals surface area contributed by atoms with Crippen LogP contribution >= 0.6 is 11.6 Å². The molecule has 0 saturated heterocycles. The molecule has 0 bridgehead atoms. The Labute approximate surface area is 136 Å². The Morgan fingerprint density at radius 1 is 1.36 bits per heavy atom. The molecule has 22 heavy (non-hydrogen) atoms. The summed E-state index contributed by atoms with van der Waals surface area (Å²) in [4.78, 5) is 16.2. The molecule has 0 aliphatic heterocycles. The molecular formula is C16H24ClN3O2. The van der Waals surface area contributed by atoms with Crippen molar-refractivity contribution in [2.75, 3.05) is 0 Å². The number of nitrogens with zero attached hydrogens (tertiary/aromatic N) is 1. The van der Waals surface area contributed by atoms with Crippen LogP contribution in [0.1, 0.15) is 45.7 Å². The van der Waals surface area contributed by atoms with Crippen molar-refractivity contribution in [2.24, 2.45) is 0 Å². The molecule has 0 aromatic carbocycles. The van der Waals surface area contributed by atoms with Crippen molar-refractivity contribution < 1.29 is 9.53 Å². The van der Waals surface area contributed by atoms with Crippen LogP contribution < -0.4 is 10.6 Å². The van der Waals surface area contributed by atoms with Gasteiger partial charge < -0.3 is 15.4 Å². The van der Waals surface area contributed by atoms with E-state index in [0.29, 0.717) is 11.6 Å². The minimum atomic E-state index is -0.473. The lowest BCUT2D eigenvalue weighted by Gasteiger charge is -2.25. The number of hydrogen-bond donors (Lipinski definition) is 2. The highest BCUT2D eigenvalue weighted by molar-refractivity contribution is 6.30. The number of hydrogen-bond acceptors (Lipinski definition) is 4. The molecule has 1 saturated carbocycles. The van der Waals surface area contributed by atoms with Crippen LogP contribution in [0.15, 0.2) is 18.3 Å². The van der Waals surface area contributed by atoms with Crippen LogP contribution in [0.2, 0.25) is 5.02 Å². The van der Waals surface area contributed by atoms with Gasteiger partial charge in [-0.05, 0) is 52.2 Å². The molecule has 122 valence electrons. The third-order valence-corrected chi connectivity index (χ3v) is 3.78. The quantitative estimate of drug-likeness (QED) is 0.891. The second-order valence-electron chi connectivity index (χ2n) is 6.64. The maximum Gasteiger partial charge on any atom is 0.407 e. The monoisotopic (exact) mass is 325 g/mol. The second-order valence-corrected chi connectivity index (χ2v) is 7.08. The van der Waals surface area contributed by atoms with E-state index in [1.54, 1.807) is 6.20 Å². The number of nitrogens with one attached hydrogen (secondary N) is 2. The summed E-state index contributed by atoms with van der Waals surface area (Å²) >= 11 is 5.83. The van der Waals surface area contributed by atoms with E-state index in [1.807, 2.05) is 32.9 Å². The zero-order valence-corrected chi connectivity index (χ0v) is 14.1. The van der Waals surface area contributed by atoms with Gasteiger partial charge in [-0.25, -0.2) is 4.79 Å². The number of halogens is 1. The Morgan fingerprint density at radius 2 is 2.09 bits per heavy atom. The molecule has 1 amide bonds. The van der Waals surface area contributed by atoms with E-state index in [2.05, 4.69) is 15.6 Å². The minimum Gasteiger partial charge on any atom is -0.444 e. The average molecular weight is 326 g/mol. The molecule has 1 aromatic heterocycles. The van der Waals surface area contributed by atoms with Gasteiger partial charge in [0.05, 0.1) is 10.7 Å². The zero-order chi connectivity index (χ0) is 16.2. The van der Waals surface area contributed by atoms with Crippen LogP contribution in [0, 0.1) is 0 Å². The van der Waals surface area contributed by atoms with Gasteiger partial charge in [-0.3, -0.25) is 4.98 Å². The van der Waals surface area contributed by atoms with Gasteiger partial charge >= 0.3 is 6.09 Å². The molecule has 1 heterocycles. The Bertz CT molecular complexity index is 499. The highest BCUT2D eigenvalue weighted by Crippen LogP contribution is 2.20. The van der Waals surface area contributed by atoms with Crippen molar-refractivity contribution in [3.8, 4) is 0 Å². The molecule has 0 radical (unpaired) electrons. The lowest BCUT2D eigenvalue weighted by atomic mass is 10.1. The first-order chi connectivity index (χ1) is 10.3. The van der Waals surface area contributed by atoms with Gasteiger partial charge in [-0.15, -0.1) is 0 Å². The molecule has 0 unspecified atom stereocenters. The van der Waals surface area contributed by atoms with Crippen molar-refractivity contribution >= 4 is 17.7 Å². The Kier molecular flexibility index (Phi) is 5.64. The van der Waals surface area contributed by atoms with E-state index in [9.17, 15) is 4.79 Å². The lowest BCUT2D eigenvalue weighted by Crippen LogP contribution is -2.47. The number of carbonyl (C=O) groups is 1. The summed E-state index contributed by atoms with van der Waals surface area (Å²) in [5.41, 5.74) is 0.464. The lowest BCUT2D eigenvalue weighted by molar-refractivity contribution is 0.0498. The molecule has 2 rings (SSSR count). The smallest absolute Gasteiger partial charge is 0.407 e. The summed E-state index contributed by atoms with van der Waals surface area (Å²) in [6.45, 7) is 6.25. The van der Waals surface area contributed by atoms with Crippen molar-refractivity contribution in [2.45, 2.75) is 64.3 Å². The number of pyridine rings is 1. The van der Waals surface area contributed by atoms with Crippen LogP contribution in [-0.2, 0) is 11.3 Å². The van der Waals surface area contributed by atoms with Crippen molar-refractivity contribution in [1.82, 2.24) is 15.6 Å². The van der Waals surface area contributed by atoms with Crippen molar-refractivity contribution in [3.05, 3.63) is 29.0 Å². The minimum absolute atomic E-state index is 0.0992. The third-order valence-electron chi connectivity index (χ3n) is 3.55. The fraction of sp³-hybridized carbons (Fsp3) is 0.625. The summed E-state index contributed by atoms with van der Waals surface area (Å²) in [7, 11) is 0. The highest BCUT2D eigenvalue weighted by Gasteiger charge is 2.29. The van der Waals surface area contributed by atoms with E-state index < -0.39 is 5.60 Å². The Hall–Kier alpha value is -1.33. The second kappa shape index (κ2) is 7.29. The van der Waals surface area contributed by atoms with Crippen LogP contribution in [0.4, 0.5) is 4.79 Å². The van der Waals surface area contributed by atoms with Gasteiger partial charge in [-0.1, -0.05) is 11.6 Å². The molecule has 1 fully saturated rings. The Morgan fingerprint density at radius 3 is 2.73 bits per heavy atom. The topological polar surface area (TPSA) is 63.2 Å². The first-order valence-corrected chi connectivity index (χ1v) is 8.04. The number of amides is 1. The summed E-state index contributed by atoms with van der Waals surface area (Å²) in [6, 6.07) is 4.07. The summed E-state index contributed by atoms with van der Waals surface area (Å²) in [6.07, 6.45) is 4.38. The largest absolute Gasteiger partial charge is 0.444 e. The van der Waals surface area contributed by atoms with Gasteiger partial charge in [0, 0.05) is 24.8 Å². The normalized spacial score (nSPS) is 21.6. The molecule has 2 atom stereocenters. The highest BCUT2D eigenvalue weighted by atomic mass is 35.5. The number of aromatic nitrogens is 1. The maximum atomic E-state index is 11.9. The molecule has 2 N–H and O–H groups in total. The molecule has 6 heteroatoms. The van der Waals surface area contributed by atoms with Crippen molar-refractivity contribution in [1.29, 1.82) is 0 Å². The van der Waals surface area contributed by atoms with Gasteiger partial charge in [0.15, 0.2) is 0 Å². The fourth-order valence-corrected chi connectivity index (χ4v) is 2.69. The molecule has 1 aliphatic rings. The molecule has 1 aliphatic carbocycles. The van der Waals surface area contributed by atoms with E-state index in [4.69, 9.17) is 16.3 Å². The molecule has 1 aromatic rings. The van der Waals surface area contributed by atoms with Gasteiger partial charge in [-0.2, -0.15) is 0 Å². The van der Waals surface area contributed by atoms with Crippen LogP contribution in [0.3, 0.4) is 0 Å². The van der Waals surface area contributed by atoms with E-state index in [-0.39, 0.29) is 18.2 Å². The van der Waals surface area contributed by atoms with Gasteiger partial charge in [0.2, 0.25) is 0 Å². The average Bonchev–Trinajstić information content (AvgIpc) is 2.83. The molecule has 5 nitrogen and oxygen atoms in total. The summed E-state index contributed by atoms with van der Waals surface area (Å²) < 4.78 is 5.32. The van der Waals surface area contributed by atoms with Gasteiger partial charge in [0.25, 0.3) is 0 Å². The van der Waals surface area contributed by atoms with E-state index in [0.717, 1.165) is 25.0 Å². The maximum absolute atomic E-state index is 11.9. The van der Waals surface area contributed by atoms with E-state index in [1.165, 1.54) is 0 Å². The first-order valence-electron chi connectivity index (χ1n) is 7.67. The standard InChI is InChI=1S/C16H24ClN3O2/c1-16(2,3)22-15(21)20-14-6-4-5-13(14)19-10-12-8-7-11(17)9-18-12/h7-9,13-14,19H,4-6,10H2,1-3H3,(H,20,21)/t13-,14-/m0/s1. The van der Waals surface area contributed by atoms with Crippen LogP contribution in [0.5, 0.6) is 0 Å². The SMILES string of the molecule is CC(C)(C)OC(=O)N[C@H]1CCC[C@@H]1NCc1ccc(Cl)cn1. The summed E-state index contributed by atoms with van der Waals surface area (Å²) in [5.74, 6) is 0. The first kappa shape index (κ1) is 17.0. The molecule has 0 spiro atoms. The molecular weight excluding hydrogens is 302 g/mol. The Balaban J connectivity index is 1.82. The fourth-order valence-electron chi connectivity index (χ4n) is 2.58.